The van der Waals surface area contributed by atoms with Crippen molar-refractivity contribution in [2.24, 2.45) is 5.73 Å². The third-order valence-corrected chi connectivity index (χ3v) is 4.99. The minimum absolute atomic E-state index is 0.0286. The number of rotatable bonds is 2. The molecule has 0 aliphatic carbocycles. The molecule has 0 unspecified atom stereocenters. The number of anilines is 1. The SMILES string of the molecule is Cc1cccc(C(=O)N2c3ccccc3[C@@H](C(N)=O)C[C@H]2C)c1C. The molecule has 4 heteroatoms. The lowest BCUT2D eigenvalue weighted by Gasteiger charge is -2.38. The minimum Gasteiger partial charge on any atom is -0.369 e. The van der Waals surface area contributed by atoms with E-state index in [0.717, 1.165) is 22.4 Å². The van der Waals surface area contributed by atoms with Crippen LogP contribution < -0.4 is 10.6 Å². The van der Waals surface area contributed by atoms with Crippen molar-refractivity contribution < 1.29 is 9.59 Å². The molecule has 1 aliphatic heterocycles. The van der Waals surface area contributed by atoms with E-state index in [0.29, 0.717) is 12.0 Å². The molecule has 2 aromatic carbocycles. The summed E-state index contributed by atoms with van der Waals surface area (Å²) >= 11 is 0. The van der Waals surface area contributed by atoms with Crippen LogP contribution in [-0.2, 0) is 4.79 Å². The second-order valence-corrected chi connectivity index (χ2v) is 6.52. The Balaban J connectivity index is 2.10. The van der Waals surface area contributed by atoms with E-state index in [-0.39, 0.29) is 23.8 Å². The number of carbonyl (C=O) groups is 2. The number of nitrogens with zero attached hydrogens (tertiary/aromatic N) is 1. The van der Waals surface area contributed by atoms with Gasteiger partial charge in [0.15, 0.2) is 0 Å². The zero-order chi connectivity index (χ0) is 17.4. The maximum atomic E-state index is 13.2. The fraction of sp³-hybridized carbons (Fsp3) is 0.300. The molecule has 24 heavy (non-hydrogen) atoms. The van der Waals surface area contributed by atoms with Gasteiger partial charge in [-0.1, -0.05) is 30.3 Å². The van der Waals surface area contributed by atoms with Gasteiger partial charge in [-0.05, 0) is 56.0 Å². The van der Waals surface area contributed by atoms with Gasteiger partial charge in [-0.2, -0.15) is 0 Å². The fourth-order valence-electron chi connectivity index (χ4n) is 3.50. The number of fused-ring (bicyclic) bond motifs is 1. The van der Waals surface area contributed by atoms with Gasteiger partial charge in [-0.25, -0.2) is 0 Å². The lowest BCUT2D eigenvalue weighted by atomic mass is 9.85. The fourth-order valence-corrected chi connectivity index (χ4v) is 3.50. The summed E-state index contributed by atoms with van der Waals surface area (Å²) in [5, 5.41) is 0. The van der Waals surface area contributed by atoms with Gasteiger partial charge >= 0.3 is 0 Å². The van der Waals surface area contributed by atoms with Crippen LogP contribution in [0.25, 0.3) is 0 Å². The molecular weight excluding hydrogens is 300 g/mol. The molecule has 0 spiro atoms. The molecule has 2 amide bonds. The molecule has 2 aromatic rings. The summed E-state index contributed by atoms with van der Waals surface area (Å²) in [6, 6.07) is 13.2. The second kappa shape index (κ2) is 6.11. The molecule has 0 aromatic heterocycles. The van der Waals surface area contributed by atoms with Gasteiger partial charge in [0.2, 0.25) is 5.91 Å². The summed E-state index contributed by atoms with van der Waals surface area (Å²) in [6.07, 6.45) is 0.545. The Morgan fingerprint density at radius 2 is 1.79 bits per heavy atom. The van der Waals surface area contributed by atoms with Gasteiger partial charge in [0.05, 0.1) is 5.92 Å². The predicted octanol–water partition coefficient (Wildman–Crippen LogP) is 3.31. The Labute approximate surface area is 142 Å². The molecule has 0 radical (unpaired) electrons. The van der Waals surface area contributed by atoms with Crippen LogP contribution >= 0.6 is 0 Å². The molecule has 1 aliphatic rings. The van der Waals surface area contributed by atoms with Crippen molar-refractivity contribution in [3.63, 3.8) is 0 Å². The van der Waals surface area contributed by atoms with Gasteiger partial charge < -0.3 is 10.6 Å². The Bertz CT molecular complexity index is 813. The van der Waals surface area contributed by atoms with E-state index in [9.17, 15) is 9.59 Å². The summed E-state index contributed by atoms with van der Waals surface area (Å²) < 4.78 is 0. The van der Waals surface area contributed by atoms with E-state index in [2.05, 4.69) is 0 Å². The molecule has 0 saturated heterocycles. The molecule has 2 atom stereocenters. The summed E-state index contributed by atoms with van der Waals surface area (Å²) in [4.78, 5) is 26.9. The normalized spacial score (nSPS) is 19.7. The molecule has 0 saturated carbocycles. The number of hydrogen-bond donors (Lipinski definition) is 1. The third-order valence-electron chi connectivity index (χ3n) is 4.99. The molecule has 124 valence electrons. The quantitative estimate of drug-likeness (QED) is 0.922. The van der Waals surface area contributed by atoms with Crippen LogP contribution in [0.4, 0.5) is 5.69 Å². The van der Waals surface area contributed by atoms with Gasteiger partial charge in [-0.15, -0.1) is 0 Å². The third kappa shape index (κ3) is 2.58. The Morgan fingerprint density at radius 1 is 1.08 bits per heavy atom. The minimum atomic E-state index is -0.348. The van der Waals surface area contributed by atoms with Crippen LogP contribution in [0.5, 0.6) is 0 Å². The maximum Gasteiger partial charge on any atom is 0.258 e. The molecule has 0 fully saturated rings. The Morgan fingerprint density at radius 3 is 2.50 bits per heavy atom. The number of benzene rings is 2. The second-order valence-electron chi connectivity index (χ2n) is 6.52. The number of nitrogens with two attached hydrogens (primary N) is 1. The van der Waals surface area contributed by atoms with Gasteiger partial charge in [0, 0.05) is 17.3 Å². The van der Waals surface area contributed by atoms with Crippen molar-refractivity contribution in [3.8, 4) is 0 Å². The zero-order valence-corrected chi connectivity index (χ0v) is 14.2. The highest BCUT2D eigenvalue weighted by atomic mass is 16.2. The first kappa shape index (κ1) is 16.2. The average molecular weight is 322 g/mol. The number of hydrogen-bond acceptors (Lipinski definition) is 2. The number of amides is 2. The van der Waals surface area contributed by atoms with Crippen LogP contribution in [-0.4, -0.2) is 17.9 Å². The molecule has 2 N–H and O–H groups in total. The van der Waals surface area contributed by atoms with Gasteiger partial charge in [0.1, 0.15) is 0 Å². The molecule has 3 rings (SSSR count). The Hall–Kier alpha value is -2.62. The first-order chi connectivity index (χ1) is 11.4. The van der Waals surface area contributed by atoms with Crippen LogP contribution in [0, 0.1) is 13.8 Å². The van der Waals surface area contributed by atoms with Crippen molar-refractivity contribution in [1.29, 1.82) is 0 Å². The van der Waals surface area contributed by atoms with Crippen molar-refractivity contribution in [2.75, 3.05) is 4.90 Å². The van der Waals surface area contributed by atoms with E-state index < -0.39 is 0 Å². The lowest BCUT2D eigenvalue weighted by molar-refractivity contribution is -0.119. The smallest absolute Gasteiger partial charge is 0.258 e. The van der Waals surface area contributed by atoms with Crippen LogP contribution in [0.15, 0.2) is 42.5 Å². The van der Waals surface area contributed by atoms with Crippen molar-refractivity contribution in [1.82, 2.24) is 0 Å². The van der Waals surface area contributed by atoms with Crippen molar-refractivity contribution in [3.05, 3.63) is 64.7 Å². The van der Waals surface area contributed by atoms with E-state index in [1.807, 2.05) is 63.2 Å². The first-order valence-electron chi connectivity index (χ1n) is 8.19. The van der Waals surface area contributed by atoms with Gasteiger partial charge in [0.25, 0.3) is 5.91 Å². The highest BCUT2D eigenvalue weighted by Gasteiger charge is 2.36. The number of para-hydroxylation sites is 1. The monoisotopic (exact) mass is 322 g/mol. The van der Waals surface area contributed by atoms with E-state index >= 15 is 0 Å². The number of aryl methyl sites for hydroxylation is 1. The van der Waals surface area contributed by atoms with Crippen LogP contribution in [0.1, 0.15) is 46.3 Å². The standard InChI is InChI=1S/C20H22N2O2/c1-12-7-6-9-15(14(12)3)20(24)22-13(2)11-17(19(21)23)16-8-4-5-10-18(16)22/h4-10,13,17H,11H2,1-3H3,(H2,21,23)/t13-,17+/m1/s1. The van der Waals surface area contributed by atoms with Crippen LogP contribution in [0.3, 0.4) is 0 Å². The molecule has 0 bridgehead atoms. The molecule has 4 nitrogen and oxygen atoms in total. The summed E-state index contributed by atoms with van der Waals surface area (Å²) in [6.45, 7) is 5.94. The summed E-state index contributed by atoms with van der Waals surface area (Å²) in [5.74, 6) is -0.717. The molecule has 1 heterocycles. The highest BCUT2D eigenvalue weighted by Crippen LogP contribution is 2.39. The van der Waals surface area contributed by atoms with E-state index in [1.165, 1.54) is 0 Å². The lowest BCUT2D eigenvalue weighted by Crippen LogP contribution is -2.45. The number of primary amides is 1. The van der Waals surface area contributed by atoms with Crippen molar-refractivity contribution in [2.45, 2.75) is 39.2 Å². The Kier molecular flexibility index (Phi) is 4.14. The van der Waals surface area contributed by atoms with Crippen LogP contribution in [0.2, 0.25) is 0 Å². The highest BCUT2D eigenvalue weighted by molar-refractivity contribution is 6.09. The summed E-state index contributed by atoms with van der Waals surface area (Å²) in [7, 11) is 0. The van der Waals surface area contributed by atoms with E-state index in [4.69, 9.17) is 5.73 Å². The first-order valence-corrected chi connectivity index (χ1v) is 8.19. The summed E-state index contributed by atoms with van der Waals surface area (Å²) in [5.41, 5.74) is 9.98. The molecular formula is C20H22N2O2. The predicted molar refractivity (Wildman–Crippen MR) is 95.2 cm³/mol. The van der Waals surface area contributed by atoms with Crippen molar-refractivity contribution >= 4 is 17.5 Å². The number of carbonyl (C=O) groups excluding carboxylic acids is 2. The topological polar surface area (TPSA) is 63.4 Å². The largest absolute Gasteiger partial charge is 0.369 e. The van der Waals surface area contributed by atoms with Gasteiger partial charge in [-0.3, -0.25) is 9.59 Å². The average Bonchev–Trinajstić information content (AvgIpc) is 2.56. The van der Waals surface area contributed by atoms with E-state index in [1.54, 1.807) is 4.90 Å². The maximum absolute atomic E-state index is 13.2. The zero-order valence-electron chi connectivity index (χ0n) is 14.2.